The number of carbonyl (C=O) groups is 1. The molecule has 5 nitrogen and oxygen atoms in total. The molecule has 5 N–H and O–H groups in total. The van der Waals surface area contributed by atoms with Crippen LogP contribution in [0, 0.1) is 0 Å². The molecule has 1 amide bonds. The van der Waals surface area contributed by atoms with Gasteiger partial charge in [-0.05, 0) is 37.8 Å². The van der Waals surface area contributed by atoms with Crippen LogP contribution in [0.15, 0.2) is 30.5 Å². The molecule has 0 spiro atoms. The van der Waals surface area contributed by atoms with Crippen molar-refractivity contribution in [3.63, 3.8) is 0 Å². The van der Waals surface area contributed by atoms with E-state index in [1.54, 1.807) is 6.92 Å². The highest BCUT2D eigenvalue weighted by Gasteiger charge is 2.15. The Morgan fingerprint density at radius 3 is 2.95 bits per heavy atom. The molecule has 0 radical (unpaired) electrons. The summed E-state index contributed by atoms with van der Waals surface area (Å²) in [5, 5.41) is 13.1. The van der Waals surface area contributed by atoms with Gasteiger partial charge in [-0.25, -0.2) is 0 Å². The number of H-pyrrole nitrogens is 1. The van der Waals surface area contributed by atoms with Gasteiger partial charge in [0, 0.05) is 23.6 Å². The minimum Gasteiger partial charge on any atom is -0.393 e. The number of aromatic amines is 1. The zero-order valence-electron chi connectivity index (χ0n) is 12.3. The molecule has 2 atom stereocenters. The molecule has 0 aliphatic carbocycles. The second-order valence-electron chi connectivity index (χ2n) is 5.45. The predicted molar refractivity (Wildman–Crippen MR) is 83.9 cm³/mol. The molecule has 0 saturated carbocycles. The average Bonchev–Trinajstić information content (AvgIpc) is 2.86. The van der Waals surface area contributed by atoms with Crippen LogP contribution in [0.4, 0.5) is 0 Å². The Kier molecular flexibility index (Phi) is 5.36. The van der Waals surface area contributed by atoms with Gasteiger partial charge in [0.15, 0.2) is 0 Å². The van der Waals surface area contributed by atoms with Crippen LogP contribution in [0.1, 0.15) is 25.3 Å². The van der Waals surface area contributed by atoms with E-state index in [1.807, 2.05) is 30.5 Å². The second kappa shape index (κ2) is 7.24. The summed E-state index contributed by atoms with van der Waals surface area (Å²) in [6.45, 7) is 2.29. The maximum Gasteiger partial charge on any atom is 0.237 e. The van der Waals surface area contributed by atoms with Crippen LogP contribution >= 0.6 is 0 Å². The summed E-state index contributed by atoms with van der Waals surface area (Å²) in [6, 6.07) is 7.41. The topological polar surface area (TPSA) is 91.1 Å². The van der Waals surface area contributed by atoms with Gasteiger partial charge in [0.2, 0.25) is 5.91 Å². The summed E-state index contributed by atoms with van der Waals surface area (Å²) in [6.07, 6.45) is 3.51. The van der Waals surface area contributed by atoms with E-state index in [0.29, 0.717) is 19.4 Å². The van der Waals surface area contributed by atoms with Crippen molar-refractivity contribution in [1.82, 2.24) is 10.3 Å². The van der Waals surface area contributed by atoms with E-state index >= 15 is 0 Å². The van der Waals surface area contributed by atoms with Crippen LogP contribution in [0.25, 0.3) is 10.9 Å². The van der Waals surface area contributed by atoms with Crippen molar-refractivity contribution >= 4 is 16.8 Å². The predicted octanol–water partition coefficient (Wildman–Crippen LogP) is 1.31. The van der Waals surface area contributed by atoms with E-state index in [-0.39, 0.29) is 12.0 Å². The molecule has 2 rings (SSSR count). The molecule has 0 aliphatic rings. The summed E-state index contributed by atoms with van der Waals surface area (Å²) in [7, 11) is 0. The van der Waals surface area contributed by atoms with E-state index < -0.39 is 6.04 Å². The minimum absolute atomic E-state index is 0.147. The Bertz CT molecular complexity index is 592. The Morgan fingerprint density at radius 2 is 2.19 bits per heavy atom. The maximum atomic E-state index is 11.9. The summed E-state index contributed by atoms with van der Waals surface area (Å²) >= 11 is 0. The lowest BCUT2D eigenvalue weighted by molar-refractivity contribution is -0.122. The number of aliphatic hydroxyl groups is 1. The second-order valence-corrected chi connectivity index (χ2v) is 5.45. The first-order chi connectivity index (χ1) is 10.1. The first-order valence-corrected chi connectivity index (χ1v) is 7.34. The van der Waals surface area contributed by atoms with Crippen LogP contribution in [0.5, 0.6) is 0 Å². The first kappa shape index (κ1) is 15.5. The average molecular weight is 289 g/mol. The van der Waals surface area contributed by atoms with Gasteiger partial charge in [-0.3, -0.25) is 4.79 Å². The molecule has 1 unspecified atom stereocenters. The smallest absolute Gasteiger partial charge is 0.237 e. The van der Waals surface area contributed by atoms with Crippen LogP contribution < -0.4 is 11.1 Å². The van der Waals surface area contributed by atoms with Crippen LogP contribution in [-0.4, -0.2) is 34.7 Å². The highest BCUT2D eigenvalue weighted by atomic mass is 16.3. The standard InChI is InChI=1S/C16H23N3O2/c1-11(20)5-4-8-18-16(21)14(17)9-12-10-19-15-7-3-2-6-13(12)15/h2-3,6-7,10-11,14,19-20H,4-5,8-9,17H2,1H3,(H,18,21)/t11?,14-/m1/s1. The molecule has 21 heavy (non-hydrogen) atoms. The van der Waals surface area contributed by atoms with Crippen molar-refractivity contribution < 1.29 is 9.90 Å². The Hall–Kier alpha value is -1.85. The largest absolute Gasteiger partial charge is 0.393 e. The van der Waals surface area contributed by atoms with Gasteiger partial charge >= 0.3 is 0 Å². The van der Waals surface area contributed by atoms with Crippen molar-refractivity contribution in [1.29, 1.82) is 0 Å². The monoisotopic (exact) mass is 289 g/mol. The van der Waals surface area contributed by atoms with Crippen molar-refractivity contribution in [2.45, 2.75) is 38.3 Å². The highest BCUT2D eigenvalue weighted by Crippen LogP contribution is 2.18. The minimum atomic E-state index is -0.559. The number of amides is 1. The van der Waals surface area contributed by atoms with Gasteiger partial charge < -0.3 is 21.1 Å². The lowest BCUT2D eigenvalue weighted by Gasteiger charge is -2.12. The fourth-order valence-electron chi connectivity index (χ4n) is 2.37. The fraction of sp³-hybridized carbons (Fsp3) is 0.438. The SMILES string of the molecule is CC(O)CCCNC(=O)[C@H](N)Cc1c[nH]c2ccccc12. The molecular formula is C16H23N3O2. The molecule has 5 heteroatoms. The quantitative estimate of drug-likeness (QED) is 0.579. The molecule has 0 bridgehead atoms. The zero-order valence-corrected chi connectivity index (χ0v) is 12.3. The fourth-order valence-corrected chi connectivity index (χ4v) is 2.37. The number of hydrogen-bond acceptors (Lipinski definition) is 3. The zero-order chi connectivity index (χ0) is 15.2. The van der Waals surface area contributed by atoms with Crippen molar-refractivity contribution in [2.24, 2.45) is 5.73 Å². The number of para-hydroxylation sites is 1. The van der Waals surface area contributed by atoms with Crippen LogP contribution in [-0.2, 0) is 11.2 Å². The van der Waals surface area contributed by atoms with Crippen molar-refractivity contribution in [2.75, 3.05) is 6.54 Å². The molecule has 1 aromatic heterocycles. The third-order valence-corrected chi connectivity index (χ3v) is 3.55. The Morgan fingerprint density at radius 1 is 1.43 bits per heavy atom. The van der Waals surface area contributed by atoms with Crippen LogP contribution in [0.3, 0.4) is 0 Å². The Balaban J connectivity index is 1.86. The number of aromatic nitrogens is 1. The molecular weight excluding hydrogens is 266 g/mol. The van der Waals surface area contributed by atoms with E-state index in [9.17, 15) is 4.79 Å². The van der Waals surface area contributed by atoms with Gasteiger partial charge in [-0.2, -0.15) is 0 Å². The van der Waals surface area contributed by atoms with E-state index in [4.69, 9.17) is 10.8 Å². The maximum absolute atomic E-state index is 11.9. The number of benzene rings is 1. The molecule has 1 aromatic carbocycles. The number of nitrogens with one attached hydrogen (secondary N) is 2. The van der Waals surface area contributed by atoms with E-state index in [2.05, 4.69) is 10.3 Å². The van der Waals surface area contributed by atoms with Gasteiger partial charge in [0.05, 0.1) is 12.1 Å². The van der Waals surface area contributed by atoms with Crippen LogP contribution in [0.2, 0.25) is 0 Å². The first-order valence-electron chi connectivity index (χ1n) is 7.34. The van der Waals surface area contributed by atoms with Crippen molar-refractivity contribution in [3.8, 4) is 0 Å². The summed E-state index contributed by atoms with van der Waals surface area (Å²) < 4.78 is 0. The molecule has 1 heterocycles. The number of fused-ring (bicyclic) bond motifs is 1. The van der Waals surface area contributed by atoms with E-state index in [1.165, 1.54) is 0 Å². The summed E-state index contributed by atoms with van der Waals surface area (Å²) in [5.74, 6) is -0.147. The normalized spacial score (nSPS) is 14.0. The Labute approximate surface area is 124 Å². The number of carbonyl (C=O) groups excluding carboxylic acids is 1. The molecule has 2 aromatic rings. The third kappa shape index (κ3) is 4.31. The molecule has 0 saturated heterocycles. The van der Waals surface area contributed by atoms with Gasteiger partial charge in [0.25, 0.3) is 0 Å². The molecule has 0 fully saturated rings. The molecule has 114 valence electrons. The number of rotatable bonds is 7. The van der Waals surface area contributed by atoms with E-state index in [0.717, 1.165) is 22.9 Å². The number of hydrogen-bond donors (Lipinski definition) is 4. The van der Waals surface area contributed by atoms with Gasteiger partial charge in [-0.15, -0.1) is 0 Å². The van der Waals surface area contributed by atoms with Crippen molar-refractivity contribution in [3.05, 3.63) is 36.0 Å². The summed E-state index contributed by atoms with van der Waals surface area (Å²) in [4.78, 5) is 15.1. The molecule has 0 aliphatic heterocycles. The van der Waals surface area contributed by atoms with Gasteiger partial charge in [0.1, 0.15) is 0 Å². The number of aliphatic hydroxyl groups excluding tert-OH is 1. The number of nitrogens with two attached hydrogens (primary N) is 1. The third-order valence-electron chi connectivity index (χ3n) is 3.55. The van der Waals surface area contributed by atoms with Gasteiger partial charge in [-0.1, -0.05) is 18.2 Å². The summed E-state index contributed by atoms with van der Waals surface area (Å²) in [5.41, 5.74) is 8.07. The highest BCUT2D eigenvalue weighted by molar-refractivity contribution is 5.86. The lowest BCUT2D eigenvalue weighted by Crippen LogP contribution is -2.42. The lowest BCUT2D eigenvalue weighted by atomic mass is 10.1.